The Hall–Kier alpha value is -1.66. The Kier molecular flexibility index (Phi) is 5.38. The lowest BCUT2D eigenvalue weighted by Gasteiger charge is -2.12. The van der Waals surface area contributed by atoms with Gasteiger partial charge in [0.2, 0.25) is 0 Å². The molecule has 17 heavy (non-hydrogen) atoms. The lowest BCUT2D eigenvalue weighted by atomic mass is 10.2. The molecule has 1 aromatic heterocycles. The minimum atomic E-state index is -0.498. The van der Waals surface area contributed by atoms with Crippen molar-refractivity contribution in [3.63, 3.8) is 0 Å². The summed E-state index contributed by atoms with van der Waals surface area (Å²) in [5.74, 6) is -0.00796. The number of ether oxygens (including phenoxy) is 1. The third-order valence-electron chi connectivity index (χ3n) is 2.26. The van der Waals surface area contributed by atoms with E-state index in [0.29, 0.717) is 24.5 Å². The van der Waals surface area contributed by atoms with Gasteiger partial charge in [0.25, 0.3) is 5.91 Å². The molecule has 5 N–H and O–H groups in total. The van der Waals surface area contributed by atoms with Gasteiger partial charge in [0.1, 0.15) is 5.82 Å². The number of nitrogens with two attached hydrogens (primary N) is 2. The van der Waals surface area contributed by atoms with Crippen LogP contribution in [-0.2, 0) is 4.74 Å². The summed E-state index contributed by atoms with van der Waals surface area (Å²) in [6, 6.07) is 3.27. The monoisotopic (exact) mass is 238 g/mol. The molecule has 0 radical (unpaired) electrons. The maximum absolute atomic E-state index is 11.1. The molecular formula is C11H18N4O2. The van der Waals surface area contributed by atoms with Crippen LogP contribution < -0.4 is 16.8 Å². The molecule has 0 aliphatic rings. The first kappa shape index (κ1) is 13.4. The summed E-state index contributed by atoms with van der Waals surface area (Å²) < 4.78 is 4.93. The molecule has 0 bridgehead atoms. The summed E-state index contributed by atoms with van der Waals surface area (Å²) in [6.45, 7) is 1.12. The van der Waals surface area contributed by atoms with Crippen LogP contribution in [0.3, 0.4) is 0 Å². The average molecular weight is 238 g/mol. The van der Waals surface area contributed by atoms with E-state index >= 15 is 0 Å². The summed E-state index contributed by atoms with van der Waals surface area (Å²) >= 11 is 0. The topological polar surface area (TPSA) is 103 Å². The fraction of sp³-hybridized carbons (Fsp3) is 0.455. The van der Waals surface area contributed by atoms with Crippen molar-refractivity contribution in [2.24, 2.45) is 11.5 Å². The number of methoxy groups -OCH3 is 1. The number of carbonyl (C=O) groups excluding carboxylic acids is 1. The zero-order valence-electron chi connectivity index (χ0n) is 9.85. The van der Waals surface area contributed by atoms with Crippen LogP contribution in [0.2, 0.25) is 0 Å². The first-order valence-corrected chi connectivity index (χ1v) is 5.38. The van der Waals surface area contributed by atoms with Gasteiger partial charge in [-0.05, 0) is 18.6 Å². The predicted molar refractivity (Wildman–Crippen MR) is 65.7 cm³/mol. The highest BCUT2D eigenvalue weighted by atomic mass is 16.5. The molecule has 0 aromatic carbocycles. The molecule has 6 nitrogen and oxygen atoms in total. The lowest BCUT2D eigenvalue weighted by molar-refractivity contribution is 0.100. The first-order valence-electron chi connectivity index (χ1n) is 5.38. The van der Waals surface area contributed by atoms with Crippen LogP contribution in [0.1, 0.15) is 16.8 Å². The molecule has 0 aliphatic heterocycles. The predicted octanol–water partition coefficient (Wildman–Crippen LogP) is -0.0438. The highest BCUT2D eigenvalue weighted by Gasteiger charge is 2.08. The summed E-state index contributed by atoms with van der Waals surface area (Å²) in [5, 5.41) is 3.04. The third-order valence-corrected chi connectivity index (χ3v) is 2.26. The number of pyridine rings is 1. The Labute approximate surface area is 100 Å². The SMILES string of the molecule is COCC(N)CCNc1ncccc1C(N)=O. The number of nitrogens with one attached hydrogen (secondary N) is 1. The number of amides is 1. The van der Waals surface area contributed by atoms with Crippen molar-refractivity contribution in [1.29, 1.82) is 0 Å². The van der Waals surface area contributed by atoms with Crippen molar-refractivity contribution in [3.8, 4) is 0 Å². The molecule has 1 unspecified atom stereocenters. The number of hydrogen-bond donors (Lipinski definition) is 3. The van der Waals surface area contributed by atoms with Crippen LogP contribution in [0.15, 0.2) is 18.3 Å². The van der Waals surface area contributed by atoms with Crippen molar-refractivity contribution < 1.29 is 9.53 Å². The first-order chi connectivity index (χ1) is 8.15. The highest BCUT2D eigenvalue weighted by Crippen LogP contribution is 2.10. The number of hydrogen-bond acceptors (Lipinski definition) is 5. The van der Waals surface area contributed by atoms with E-state index < -0.39 is 5.91 Å². The molecule has 0 spiro atoms. The minimum Gasteiger partial charge on any atom is -0.383 e. The van der Waals surface area contributed by atoms with E-state index in [9.17, 15) is 4.79 Å². The largest absolute Gasteiger partial charge is 0.383 e. The van der Waals surface area contributed by atoms with E-state index in [1.165, 1.54) is 0 Å². The van der Waals surface area contributed by atoms with Gasteiger partial charge in [0, 0.05) is 25.9 Å². The van der Waals surface area contributed by atoms with Crippen molar-refractivity contribution in [3.05, 3.63) is 23.9 Å². The number of carbonyl (C=O) groups is 1. The molecule has 0 saturated carbocycles. The average Bonchev–Trinajstić information content (AvgIpc) is 2.30. The van der Waals surface area contributed by atoms with Gasteiger partial charge < -0.3 is 21.5 Å². The van der Waals surface area contributed by atoms with Gasteiger partial charge in [-0.3, -0.25) is 4.79 Å². The van der Waals surface area contributed by atoms with Crippen LogP contribution in [0.5, 0.6) is 0 Å². The van der Waals surface area contributed by atoms with E-state index in [1.54, 1.807) is 25.4 Å². The molecule has 0 saturated heterocycles. The molecule has 1 amide bonds. The Bertz CT molecular complexity index is 370. The second-order valence-electron chi connectivity index (χ2n) is 3.69. The van der Waals surface area contributed by atoms with Gasteiger partial charge in [-0.15, -0.1) is 0 Å². The second kappa shape index (κ2) is 6.82. The van der Waals surface area contributed by atoms with Crippen molar-refractivity contribution in [1.82, 2.24) is 4.98 Å². The van der Waals surface area contributed by atoms with Gasteiger partial charge >= 0.3 is 0 Å². The Morgan fingerprint density at radius 1 is 1.65 bits per heavy atom. The van der Waals surface area contributed by atoms with E-state index in [2.05, 4.69) is 10.3 Å². The maximum atomic E-state index is 11.1. The number of primary amides is 1. The van der Waals surface area contributed by atoms with Gasteiger partial charge in [0.05, 0.1) is 12.2 Å². The molecule has 0 aliphatic carbocycles. The smallest absolute Gasteiger partial charge is 0.252 e. The standard InChI is InChI=1S/C11H18N4O2/c1-17-7-8(12)4-6-15-11-9(10(13)16)3-2-5-14-11/h2-3,5,8H,4,6-7,12H2,1H3,(H2,13,16)(H,14,15). The summed E-state index contributed by atoms with van der Waals surface area (Å²) in [7, 11) is 1.61. The molecule has 1 heterocycles. The lowest BCUT2D eigenvalue weighted by Crippen LogP contribution is -2.28. The van der Waals surface area contributed by atoms with E-state index in [0.717, 1.165) is 6.42 Å². The van der Waals surface area contributed by atoms with Gasteiger partial charge in [-0.25, -0.2) is 4.98 Å². The molecule has 1 rings (SSSR count). The highest BCUT2D eigenvalue weighted by molar-refractivity contribution is 5.97. The van der Waals surface area contributed by atoms with Gasteiger partial charge in [0.15, 0.2) is 0 Å². The van der Waals surface area contributed by atoms with Crippen LogP contribution in [-0.4, -0.2) is 37.2 Å². The quantitative estimate of drug-likeness (QED) is 0.618. The van der Waals surface area contributed by atoms with Crippen molar-refractivity contribution >= 4 is 11.7 Å². The fourth-order valence-corrected chi connectivity index (χ4v) is 1.42. The van der Waals surface area contributed by atoms with Crippen molar-refractivity contribution in [2.75, 3.05) is 25.6 Å². The Morgan fingerprint density at radius 2 is 2.41 bits per heavy atom. The summed E-state index contributed by atoms with van der Waals surface area (Å²) in [6.07, 6.45) is 2.33. The molecule has 6 heteroatoms. The molecule has 1 atom stereocenters. The second-order valence-corrected chi connectivity index (χ2v) is 3.69. The molecule has 0 fully saturated rings. The van der Waals surface area contributed by atoms with Crippen LogP contribution in [0.25, 0.3) is 0 Å². The summed E-state index contributed by atoms with van der Waals surface area (Å²) in [4.78, 5) is 15.2. The zero-order valence-corrected chi connectivity index (χ0v) is 9.85. The zero-order chi connectivity index (χ0) is 12.7. The van der Waals surface area contributed by atoms with E-state index in [1.807, 2.05) is 0 Å². The van der Waals surface area contributed by atoms with Crippen molar-refractivity contribution in [2.45, 2.75) is 12.5 Å². The number of aromatic nitrogens is 1. The number of nitrogens with zero attached hydrogens (tertiary/aromatic N) is 1. The summed E-state index contributed by atoms with van der Waals surface area (Å²) in [5.41, 5.74) is 11.4. The van der Waals surface area contributed by atoms with Gasteiger partial charge in [-0.1, -0.05) is 0 Å². The number of rotatable bonds is 7. The van der Waals surface area contributed by atoms with Crippen LogP contribution >= 0.6 is 0 Å². The van der Waals surface area contributed by atoms with E-state index in [4.69, 9.17) is 16.2 Å². The Balaban J connectivity index is 2.49. The fourth-order valence-electron chi connectivity index (χ4n) is 1.42. The normalized spacial score (nSPS) is 12.1. The van der Waals surface area contributed by atoms with E-state index in [-0.39, 0.29) is 6.04 Å². The van der Waals surface area contributed by atoms with Gasteiger partial charge in [-0.2, -0.15) is 0 Å². The number of anilines is 1. The molecule has 1 aromatic rings. The third kappa shape index (κ3) is 4.38. The van der Waals surface area contributed by atoms with Crippen LogP contribution in [0.4, 0.5) is 5.82 Å². The minimum absolute atomic E-state index is 0.0340. The Morgan fingerprint density at radius 3 is 3.06 bits per heavy atom. The molecule has 94 valence electrons. The van der Waals surface area contributed by atoms with Crippen LogP contribution in [0, 0.1) is 0 Å². The maximum Gasteiger partial charge on any atom is 0.252 e. The molecular weight excluding hydrogens is 220 g/mol.